The lowest BCUT2D eigenvalue weighted by Crippen LogP contribution is -2.05. The van der Waals surface area contributed by atoms with Crippen molar-refractivity contribution in [2.24, 2.45) is 0 Å². The van der Waals surface area contributed by atoms with Gasteiger partial charge in [0.1, 0.15) is 6.61 Å². The van der Waals surface area contributed by atoms with Gasteiger partial charge in [0.05, 0.1) is 13.2 Å². The van der Waals surface area contributed by atoms with Crippen LogP contribution in [0.3, 0.4) is 0 Å². The highest BCUT2D eigenvalue weighted by atomic mass is 16.7. The highest BCUT2D eigenvalue weighted by Gasteiger charge is 2.13. The zero-order valence-corrected chi connectivity index (χ0v) is 13.6. The van der Waals surface area contributed by atoms with Crippen LogP contribution < -0.4 is 24.3 Å². The van der Waals surface area contributed by atoms with Gasteiger partial charge in [-0.1, -0.05) is 6.07 Å². The molecule has 2 aromatic rings. The Morgan fingerprint density at radius 1 is 1.04 bits per heavy atom. The second-order valence-corrected chi connectivity index (χ2v) is 5.21. The molecular formula is C18H21NO5. The van der Waals surface area contributed by atoms with Crippen LogP contribution in [0.4, 0.5) is 5.69 Å². The minimum Gasteiger partial charge on any atom is -0.490 e. The number of ether oxygens (including phenoxy) is 4. The second-order valence-electron chi connectivity index (χ2n) is 5.21. The third-order valence-corrected chi connectivity index (χ3v) is 3.53. The molecule has 0 amide bonds. The molecule has 2 N–H and O–H groups in total. The first-order valence-corrected chi connectivity index (χ1v) is 7.93. The van der Waals surface area contributed by atoms with Crippen molar-refractivity contribution in [1.29, 1.82) is 0 Å². The molecule has 6 nitrogen and oxygen atoms in total. The van der Waals surface area contributed by atoms with Gasteiger partial charge in [-0.05, 0) is 36.8 Å². The van der Waals surface area contributed by atoms with Gasteiger partial charge in [-0.15, -0.1) is 0 Å². The van der Waals surface area contributed by atoms with Crippen LogP contribution in [0.25, 0.3) is 0 Å². The summed E-state index contributed by atoms with van der Waals surface area (Å²) in [4.78, 5) is 0. The van der Waals surface area contributed by atoms with E-state index in [-0.39, 0.29) is 20.0 Å². The van der Waals surface area contributed by atoms with Crippen molar-refractivity contribution < 1.29 is 24.1 Å². The molecule has 0 saturated heterocycles. The molecular weight excluding hydrogens is 310 g/mol. The molecule has 0 spiro atoms. The normalized spacial score (nSPS) is 12.1. The Bertz CT molecular complexity index is 689. The number of rotatable bonds is 8. The molecule has 1 heterocycles. The van der Waals surface area contributed by atoms with E-state index in [4.69, 9.17) is 24.1 Å². The number of hydrogen-bond donors (Lipinski definition) is 2. The van der Waals surface area contributed by atoms with Gasteiger partial charge in [0.15, 0.2) is 23.0 Å². The summed E-state index contributed by atoms with van der Waals surface area (Å²) in [5.74, 6) is 2.83. The third kappa shape index (κ3) is 3.83. The highest BCUT2D eigenvalue weighted by molar-refractivity contribution is 5.56. The van der Waals surface area contributed by atoms with Crippen LogP contribution >= 0.6 is 0 Å². The Balaban J connectivity index is 1.67. The summed E-state index contributed by atoms with van der Waals surface area (Å²) < 4.78 is 21.8. The lowest BCUT2D eigenvalue weighted by atomic mass is 10.2. The molecule has 0 fully saturated rings. The van der Waals surface area contributed by atoms with Crippen LogP contribution in [0.2, 0.25) is 0 Å². The summed E-state index contributed by atoms with van der Waals surface area (Å²) in [7, 11) is 0. The maximum absolute atomic E-state index is 8.88. The van der Waals surface area contributed by atoms with Crippen molar-refractivity contribution in [3.8, 4) is 23.0 Å². The number of fused-ring (bicyclic) bond motifs is 1. The summed E-state index contributed by atoms with van der Waals surface area (Å²) >= 11 is 0. The molecule has 6 heteroatoms. The second kappa shape index (κ2) is 7.79. The van der Waals surface area contributed by atoms with Crippen LogP contribution in [-0.2, 0) is 6.54 Å². The van der Waals surface area contributed by atoms with Gasteiger partial charge < -0.3 is 29.4 Å². The van der Waals surface area contributed by atoms with Crippen LogP contribution in [0, 0.1) is 0 Å². The molecule has 128 valence electrons. The maximum atomic E-state index is 8.88. The van der Waals surface area contributed by atoms with Gasteiger partial charge in [-0.2, -0.15) is 0 Å². The minimum absolute atomic E-state index is 0.0288. The number of aliphatic hydroxyl groups excluding tert-OH is 1. The van der Waals surface area contributed by atoms with Crippen LogP contribution in [-0.4, -0.2) is 31.7 Å². The summed E-state index contributed by atoms with van der Waals surface area (Å²) in [6.07, 6.45) is 0. The van der Waals surface area contributed by atoms with Crippen molar-refractivity contribution in [2.75, 3.05) is 31.9 Å². The molecule has 1 aliphatic heterocycles. The van der Waals surface area contributed by atoms with E-state index in [1.165, 1.54) is 0 Å². The largest absolute Gasteiger partial charge is 0.490 e. The molecule has 24 heavy (non-hydrogen) atoms. The van der Waals surface area contributed by atoms with Crippen LogP contribution in [0.15, 0.2) is 36.4 Å². The topological polar surface area (TPSA) is 69.2 Å². The molecule has 0 radical (unpaired) electrons. The number of aliphatic hydroxyl groups is 1. The fourth-order valence-corrected chi connectivity index (χ4v) is 2.42. The highest BCUT2D eigenvalue weighted by Crippen LogP contribution is 2.34. The predicted octanol–water partition coefficient (Wildman–Crippen LogP) is 2.80. The molecule has 3 rings (SSSR count). The van der Waals surface area contributed by atoms with Gasteiger partial charge in [0.25, 0.3) is 0 Å². The fourth-order valence-electron chi connectivity index (χ4n) is 2.42. The zero-order chi connectivity index (χ0) is 16.8. The van der Waals surface area contributed by atoms with E-state index < -0.39 is 0 Å². The number of nitrogens with one attached hydrogen (secondary N) is 1. The van der Waals surface area contributed by atoms with Crippen molar-refractivity contribution in [3.63, 3.8) is 0 Å². The Labute approximate surface area is 140 Å². The average molecular weight is 331 g/mol. The minimum atomic E-state index is -0.0288. The number of hydrogen-bond acceptors (Lipinski definition) is 6. The fraction of sp³-hybridized carbons (Fsp3) is 0.333. The lowest BCUT2D eigenvalue weighted by Gasteiger charge is -2.13. The van der Waals surface area contributed by atoms with E-state index in [9.17, 15) is 0 Å². The average Bonchev–Trinajstić information content (AvgIpc) is 3.07. The molecule has 1 aliphatic rings. The number of benzene rings is 2. The van der Waals surface area contributed by atoms with Crippen LogP contribution in [0.5, 0.6) is 23.0 Å². The molecule has 0 aromatic heterocycles. The van der Waals surface area contributed by atoms with Crippen molar-refractivity contribution >= 4 is 5.69 Å². The smallest absolute Gasteiger partial charge is 0.231 e. The quantitative estimate of drug-likeness (QED) is 0.775. The van der Waals surface area contributed by atoms with Crippen molar-refractivity contribution in [1.82, 2.24) is 0 Å². The lowest BCUT2D eigenvalue weighted by molar-refractivity contribution is 0.174. The SMILES string of the molecule is CCOc1cc(CNc2ccc3c(c2)OCO3)ccc1OCCO. The first-order chi connectivity index (χ1) is 11.8. The Kier molecular flexibility index (Phi) is 5.28. The van der Waals surface area contributed by atoms with Gasteiger partial charge in [-0.25, -0.2) is 0 Å². The standard InChI is InChI=1S/C18H21NO5/c1-2-21-17-9-13(3-5-15(17)22-8-7-20)11-19-14-4-6-16-18(10-14)24-12-23-16/h3-6,9-10,19-20H,2,7-8,11-12H2,1H3. The van der Waals surface area contributed by atoms with E-state index in [1.54, 1.807) is 0 Å². The molecule has 0 unspecified atom stereocenters. The summed E-state index contributed by atoms with van der Waals surface area (Å²) in [5.41, 5.74) is 2.02. The molecule has 0 aliphatic carbocycles. The van der Waals surface area contributed by atoms with Crippen LogP contribution in [0.1, 0.15) is 12.5 Å². The first-order valence-electron chi connectivity index (χ1n) is 7.93. The summed E-state index contributed by atoms with van der Waals surface area (Å²) in [6, 6.07) is 11.5. The summed E-state index contributed by atoms with van der Waals surface area (Å²) in [5, 5.41) is 12.2. The van der Waals surface area contributed by atoms with Gasteiger partial charge in [0, 0.05) is 18.3 Å². The number of anilines is 1. The van der Waals surface area contributed by atoms with Crippen molar-refractivity contribution in [3.05, 3.63) is 42.0 Å². The predicted molar refractivity (Wildman–Crippen MR) is 90.1 cm³/mol. The monoisotopic (exact) mass is 331 g/mol. The molecule has 0 bridgehead atoms. The van der Waals surface area contributed by atoms with Crippen molar-refractivity contribution in [2.45, 2.75) is 13.5 Å². The van der Waals surface area contributed by atoms with E-state index >= 15 is 0 Å². The van der Waals surface area contributed by atoms with E-state index in [0.717, 1.165) is 22.7 Å². The Hall–Kier alpha value is -2.60. The van der Waals surface area contributed by atoms with Gasteiger partial charge in [-0.3, -0.25) is 0 Å². The van der Waals surface area contributed by atoms with Gasteiger partial charge >= 0.3 is 0 Å². The van der Waals surface area contributed by atoms with Gasteiger partial charge in [0.2, 0.25) is 6.79 Å². The van der Waals surface area contributed by atoms with E-state index in [1.807, 2.05) is 43.3 Å². The maximum Gasteiger partial charge on any atom is 0.231 e. The molecule has 0 atom stereocenters. The Morgan fingerprint density at radius 2 is 1.92 bits per heavy atom. The zero-order valence-electron chi connectivity index (χ0n) is 13.6. The Morgan fingerprint density at radius 3 is 2.75 bits per heavy atom. The molecule has 0 saturated carbocycles. The summed E-state index contributed by atoms with van der Waals surface area (Å²) in [6.45, 7) is 3.60. The molecule has 2 aromatic carbocycles. The van der Waals surface area contributed by atoms with E-state index in [0.29, 0.717) is 24.7 Å². The first kappa shape index (κ1) is 16.3. The van der Waals surface area contributed by atoms with E-state index in [2.05, 4.69) is 5.32 Å². The third-order valence-electron chi connectivity index (χ3n) is 3.53.